The second-order valence-corrected chi connectivity index (χ2v) is 4.83. The standard InChI is InChI=1S/C16H16N2O2/c19-16(18-15-5-1-2-8-17-15)11-12-6-7-14-13(10-12)4-3-9-20-14/h1-2,5-8,10H,3-4,9,11H2,(H,17,18,19). The molecule has 0 atom stereocenters. The predicted molar refractivity (Wildman–Crippen MR) is 76.8 cm³/mol. The molecule has 1 amide bonds. The summed E-state index contributed by atoms with van der Waals surface area (Å²) in [5, 5.41) is 2.79. The van der Waals surface area contributed by atoms with Crippen LogP contribution in [0.25, 0.3) is 0 Å². The molecule has 0 fully saturated rings. The lowest BCUT2D eigenvalue weighted by atomic mass is 10.0. The monoisotopic (exact) mass is 268 g/mol. The number of pyridine rings is 1. The van der Waals surface area contributed by atoms with E-state index in [0.717, 1.165) is 30.8 Å². The number of carbonyl (C=O) groups is 1. The number of fused-ring (bicyclic) bond motifs is 1. The van der Waals surface area contributed by atoms with E-state index in [1.165, 1.54) is 5.56 Å². The van der Waals surface area contributed by atoms with Crippen molar-refractivity contribution in [2.24, 2.45) is 0 Å². The number of nitrogens with zero attached hydrogens (tertiary/aromatic N) is 1. The first-order chi connectivity index (χ1) is 9.81. The number of rotatable bonds is 3. The van der Waals surface area contributed by atoms with Crippen molar-refractivity contribution in [1.29, 1.82) is 0 Å². The lowest BCUT2D eigenvalue weighted by molar-refractivity contribution is -0.115. The number of aromatic nitrogens is 1. The number of ether oxygens (including phenoxy) is 1. The molecule has 1 aromatic heterocycles. The molecule has 0 radical (unpaired) electrons. The van der Waals surface area contributed by atoms with Gasteiger partial charge >= 0.3 is 0 Å². The number of hydrogen-bond donors (Lipinski definition) is 1. The van der Waals surface area contributed by atoms with Crippen LogP contribution in [-0.2, 0) is 17.6 Å². The van der Waals surface area contributed by atoms with Gasteiger partial charge in [-0.05, 0) is 42.2 Å². The topological polar surface area (TPSA) is 51.2 Å². The quantitative estimate of drug-likeness (QED) is 0.930. The first kappa shape index (κ1) is 12.7. The lowest BCUT2D eigenvalue weighted by Crippen LogP contribution is -2.16. The molecule has 3 rings (SSSR count). The number of anilines is 1. The number of amides is 1. The molecule has 0 spiro atoms. The van der Waals surface area contributed by atoms with Crippen LogP contribution in [0.2, 0.25) is 0 Å². The molecule has 2 heterocycles. The largest absolute Gasteiger partial charge is 0.493 e. The molecular formula is C16H16N2O2. The second-order valence-electron chi connectivity index (χ2n) is 4.83. The average Bonchev–Trinajstić information content (AvgIpc) is 2.48. The van der Waals surface area contributed by atoms with Gasteiger partial charge in [-0.15, -0.1) is 0 Å². The Balaban J connectivity index is 1.67. The second kappa shape index (κ2) is 5.74. The van der Waals surface area contributed by atoms with Gasteiger partial charge in [0.1, 0.15) is 11.6 Å². The molecule has 1 aliphatic heterocycles. The van der Waals surface area contributed by atoms with Crippen molar-refractivity contribution in [2.75, 3.05) is 11.9 Å². The summed E-state index contributed by atoms with van der Waals surface area (Å²) in [6.07, 6.45) is 4.07. The minimum Gasteiger partial charge on any atom is -0.493 e. The fourth-order valence-electron chi connectivity index (χ4n) is 2.33. The number of hydrogen-bond acceptors (Lipinski definition) is 3. The third-order valence-electron chi connectivity index (χ3n) is 3.27. The van der Waals surface area contributed by atoms with Gasteiger partial charge in [-0.1, -0.05) is 18.2 Å². The third kappa shape index (κ3) is 2.96. The Bertz CT molecular complexity index is 611. The summed E-state index contributed by atoms with van der Waals surface area (Å²) in [6, 6.07) is 11.4. The SMILES string of the molecule is O=C(Cc1ccc2c(c1)CCCO2)Nc1ccccn1. The average molecular weight is 268 g/mol. The molecule has 0 saturated carbocycles. The van der Waals surface area contributed by atoms with Crippen LogP contribution >= 0.6 is 0 Å². The van der Waals surface area contributed by atoms with Gasteiger partial charge in [0, 0.05) is 6.20 Å². The molecular weight excluding hydrogens is 252 g/mol. The van der Waals surface area contributed by atoms with Gasteiger partial charge in [-0.2, -0.15) is 0 Å². The summed E-state index contributed by atoms with van der Waals surface area (Å²) in [5.74, 6) is 1.48. The fourth-order valence-corrected chi connectivity index (χ4v) is 2.33. The zero-order valence-electron chi connectivity index (χ0n) is 11.1. The summed E-state index contributed by atoms with van der Waals surface area (Å²) in [5.41, 5.74) is 2.20. The van der Waals surface area contributed by atoms with Crippen LogP contribution in [-0.4, -0.2) is 17.5 Å². The molecule has 0 unspecified atom stereocenters. The van der Waals surface area contributed by atoms with Gasteiger partial charge in [0.2, 0.25) is 5.91 Å². The summed E-state index contributed by atoms with van der Waals surface area (Å²) >= 11 is 0. The highest BCUT2D eigenvalue weighted by molar-refractivity contribution is 5.91. The van der Waals surface area contributed by atoms with Gasteiger partial charge in [0.25, 0.3) is 0 Å². The molecule has 102 valence electrons. The van der Waals surface area contributed by atoms with Crippen molar-refractivity contribution >= 4 is 11.7 Å². The van der Waals surface area contributed by atoms with E-state index in [1.54, 1.807) is 12.3 Å². The molecule has 0 aliphatic carbocycles. The maximum Gasteiger partial charge on any atom is 0.229 e. The van der Waals surface area contributed by atoms with Gasteiger partial charge in [0.05, 0.1) is 13.0 Å². The molecule has 2 aromatic rings. The van der Waals surface area contributed by atoms with Crippen LogP contribution in [0.4, 0.5) is 5.82 Å². The number of nitrogens with one attached hydrogen (secondary N) is 1. The Morgan fingerprint density at radius 3 is 3.10 bits per heavy atom. The van der Waals surface area contributed by atoms with Crippen LogP contribution < -0.4 is 10.1 Å². The van der Waals surface area contributed by atoms with Crippen LogP contribution in [0.3, 0.4) is 0 Å². The van der Waals surface area contributed by atoms with Crippen molar-refractivity contribution in [1.82, 2.24) is 4.98 Å². The maximum absolute atomic E-state index is 12.0. The molecule has 4 nitrogen and oxygen atoms in total. The summed E-state index contributed by atoms with van der Waals surface area (Å²) in [7, 11) is 0. The van der Waals surface area contributed by atoms with Crippen molar-refractivity contribution in [2.45, 2.75) is 19.3 Å². The van der Waals surface area contributed by atoms with Gasteiger partial charge in [-0.25, -0.2) is 4.98 Å². The minimum atomic E-state index is -0.0552. The highest BCUT2D eigenvalue weighted by atomic mass is 16.5. The van der Waals surface area contributed by atoms with Crippen LogP contribution in [0.15, 0.2) is 42.6 Å². The molecule has 0 saturated heterocycles. The van der Waals surface area contributed by atoms with E-state index < -0.39 is 0 Å². The molecule has 20 heavy (non-hydrogen) atoms. The lowest BCUT2D eigenvalue weighted by Gasteiger charge is -2.17. The molecule has 1 aromatic carbocycles. The van der Waals surface area contributed by atoms with Crippen molar-refractivity contribution in [3.05, 3.63) is 53.7 Å². The van der Waals surface area contributed by atoms with Gasteiger partial charge in [-0.3, -0.25) is 4.79 Å². The van der Waals surface area contributed by atoms with E-state index in [0.29, 0.717) is 12.2 Å². The van der Waals surface area contributed by atoms with E-state index in [1.807, 2.05) is 24.3 Å². The number of aryl methyl sites for hydroxylation is 1. The maximum atomic E-state index is 12.0. The minimum absolute atomic E-state index is 0.0552. The zero-order chi connectivity index (χ0) is 13.8. The Labute approximate surface area is 117 Å². The normalized spacial score (nSPS) is 13.2. The van der Waals surface area contributed by atoms with Crippen LogP contribution in [0, 0.1) is 0 Å². The first-order valence-electron chi connectivity index (χ1n) is 6.77. The van der Waals surface area contributed by atoms with E-state index in [2.05, 4.69) is 16.4 Å². The van der Waals surface area contributed by atoms with E-state index in [4.69, 9.17) is 4.74 Å². The molecule has 0 bridgehead atoms. The predicted octanol–water partition coefficient (Wildman–Crippen LogP) is 2.59. The third-order valence-corrected chi connectivity index (χ3v) is 3.27. The summed E-state index contributed by atoms with van der Waals surface area (Å²) < 4.78 is 5.57. The highest BCUT2D eigenvalue weighted by Crippen LogP contribution is 2.25. The Hall–Kier alpha value is -2.36. The smallest absolute Gasteiger partial charge is 0.229 e. The Kier molecular flexibility index (Phi) is 3.63. The summed E-state index contributed by atoms with van der Waals surface area (Å²) in [6.45, 7) is 0.784. The van der Waals surface area contributed by atoms with Crippen molar-refractivity contribution < 1.29 is 9.53 Å². The molecule has 1 N–H and O–H groups in total. The number of carbonyl (C=O) groups excluding carboxylic acids is 1. The van der Waals surface area contributed by atoms with Crippen LogP contribution in [0.1, 0.15) is 17.5 Å². The Morgan fingerprint density at radius 2 is 2.25 bits per heavy atom. The Morgan fingerprint density at radius 1 is 1.30 bits per heavy atom. The zero-order valence-corrected chi connectivity index (χ0v) is 11.1. The first-order valence-corrected chi connectivity index (χ1v) is 6.77. The summed E-state index contributed by atoms with van der Waals surface area (Å²) in [4.78, 5) is 16.0. The van der Waals surface area contributed by atoms with E-state index >= 15 is 0 Å². The van der Waals surface area contributed by atoms with Crippen molar-refractivity contribution in [3.8, 4) is 5.75 Å². The van der Waals surface area contributed by atoms with E-state index in [9.17, 15) is 4.79 Å². The van der Waals surface area contributed by atoms with E-state index in [-0.39, 0.29) is 5.91 Å². The van der Waals surface area contributed by atoms with Crippen molar-refractivity contribution in [3.63, 3.8) is 0 Å². The molecule has 1 aliphatic rings. The molecule has 4 heteroatoms. The van der Waals surface area contributed by atoms with Gasteiger partial charge in [0.15, 0.2) is 0 Å². The number of benzene rings is 1. The van der Waals surface area contributed by atoms with Crippen LogP contribution in [0.5, 0.6) is 5.75 Å². The fraction of sp³-hybridized carbons (Fsp3) is 0.250. The highest BCUT2D eigenvalue weighted by Gasteiger charge is 2.12. The van der Waals surface area contributed by atoms with Gasteiger partial charge < -0.3 is 10.1 Å².